The monoisotopic (exact) mass is 268 g/mol. The van der Waals surface area contributed by atoms with Crippen molar-refractivity contribution in [2.45, 2.75) is 6.92 Å². The summed E-state index contributed by atoms with van der Waals surface area (Å²) in [4.78, 5) is 21.6. The number of phenols is 1. The third-order valence-corrected chi connectivity index (χ3v) is 2.16. The third-order valence-electron chi connectivity index (χ3n) is 2.16. The van der Waals surface area contributed by atoms with E-state index in [1.54, 1.807) is 13.0 Å². The number of aromatic hydroxyl groups is 1. The molecule has 0 saturated carbocycles. The number of aryl methyl sites for hydroxylation is 1. The Morgan fingerprint density at radius 3 is 2.69 bits per heavy atom. The van der Waals surface area contributed by atoms with Crippen molar-refractivity contribution in [3.05, 3.63) is 39.1 Å². The summed E-state index contributed by atoms with van der Waals surface area (Å²) in [6.07, 6.45) is 0. The second-order valence-corrected chi connectivity index (χ2v) is 3.15. The first-order valence-corrected chi connectivity index (χ1v) is 4.23. The summed E-state index contributed by atoms with van der Waals surface area (Å²) in [7, 11) is 0. The molecule has 1 heterocycles. The molecule has 0 saturated heterocycles. The Labute approximate surface area is 101 Å². The number of nitroso groups, excluding NO2 is 1. The smallest absolute Gasteiger partial charge is 0.336 e. The zero-order valence-electron chi connectivity index (χ0n) is 8.15. The number of benzene rings is 1. The van der Waals surface area contributed by atoms with Gasteiger partial charge >= 0.3 is 5.63 Å². The molecule has 0 bridgehead atoms. The Hall–Kier alpha value is -1.65. The molecule has 0 aliphatic heterocycles. The van der Waals surface area contributed by atoms with Crippen molar-refractivity contribution in [1.82, 2.24) is 0 Å². The molecule has 0 aliphatic carbocycles. The van der Waals surface area contributed by atoms with Gasteiger partial charge in [0.05, 0.1) is 0 Å². The number of nitrogens with zero attached hydrogens (tertiary/aromatic N) is 1. The summed E-state index contributed by atoms with van der Waals surface area (Å²) >= 11 is 0. The van der Waals surface area contributed by atoms with Crippen LogP contribution >= 0.6 is 0 Å². The SMILES string of the molecule is Cc1cc(=O)oc2c(N=O)c(O)ccc12.[Cu]. The Morgan fingerprint density at radius 2 is 2.06 bits per heavy atom. The Morgan fingerprint density at radius 1 is 1.38 bits per heavy atom. The van der Waals surface area contributed by atoms with Gasteiger partial charge in [0.1, 0.15) is 5.75 Å². The van der Waals surface area contributed by atoms with Gasteiger partial charge in [0.15, 0.2) is 11.3 Å². The fourth-order valence-electron chi connectivity index (χ4n) is 1.45. The number of hydrogen-bond acceptors (Lipinski definition) is 5. The van der Waals surface area contributed by atoms with Crippen molar-refractivity contribution in [1.29, 1.82) is 0 Å². The maximum atomic E-state index is 11.1. The molecule has 1 aromatic heterocycles. The normalized spacial score (nSPS) is 9.81. The molecule has 2 rings (SSSR count). The number of fused-ring (bicyclic) bond motifs is 1. The zero-order chi connectivity index (χ0) is 11.0. The predicted molar refractivity (Wildman–Crippen MR) is 54.3 cm³/mol. The molecule has 0 unspecified atom stereocenters. The average molecular weight is 269 g/mol. The van der Waals surface area contributed by atoms with Gasteiger partial charge in [-0.05, 0) is 29.8 Å². The molecule has 16 heavy (non-hydrogen) atoms. The minimum atomic E-state index is -0.574. The molecular weight excluding hydrogens is 262 g/mol. The second-order valence-electron chi connectivity index (χ2n) is 3.15. The summed E-state index contributed by atoms with van der Waals surface area (Å²) in [5, 5.41) is 12.6. The molecule has 87 valence electrons. The van der Waals surface area contributed by atoms with E-state index in [0.29, 0.717) is 10.9 Å². The van der Waals surface area contributed by atoms with E-state index < -0.39 is 5.63 Å². The van der Waals surface area contributed by atoms with E-state index in [-0.39, 0.29) is 34.1 Å². The van der Waals surface area contributed by atoms with E-state index in [1.165, 1.54) is 12.1 Å². The number of hydrogen-bond donors (Lipinski definition) is 1. The van der Waals surface area contributed by atoms with E-state index >= 15 is 0 Å². The molecule has 1 N–H and O–H groups in total. The zero-order valence-corrected chi connectivity index (χ0v) is 9.09. The molecule has 1 aromatic carbocycles. The van der Waals surface area contributed by atoms with Crippen LogP contribution in [0.25, 0.3) is 11.0 Å². The second kappa shape index (κ2) is 4.47. The average Bonchev–Trinajstić information content (AvgIpc) is 2.17. The van der Waals surface area contributed by atoms with E-state index in [0.717, 1.165) is 0 Å². The molecular formula is C10H7CuNO4. The molecule has 5 nitrogen and oxygen atoms in total. The van der Waals surface area contributed by atoms with Gasteiger partial charge in [-0.3, -0.25) is 0 Å². The van der Waals surface area contributed by atoms with Crippen molar-refractivity contribution < 1.29 is 26.6 Å². The van der Waals surface area contributed by atoms with E-state index in [2.05, 4.69) is 5.18 Å². The molecule has 0 amide bonds. The topological polar surface area (TPSA) is 79.9 Å². The first-order chi connectivity index (χ1) is 7.13. The molecule has 0 atom stereocenters. The van der Waals surface area contributed by atoms with E-state index in [4.69, 9.17) is 4.42 Å². The van der Waals surface area contributed by atoms with Crippen molar-refractivity contribution in [2.24, 2.45) is 5.18 Å². The van der Waals surface area contributed by atoms with Gasteiger partial charge in [0, 0.05) is 28.5 Å². The minimum Gasteiger partial charge on any atom is -0.505 e. The van der Waals surface area contributed by atoms with E-state index in [9.17, 15) is 14.8 Å². The Balaban J connectivity index is 0.00000128. The maximum Gasteiger partial charge on any atom is 0.336 e. The summed E-state index contributed by atoms with van der Waals surface area (Å²) in [6, 6.07) is 4.22. The fourth-order valence-corrected chi connectivity index (χ4v) is 1.45. The summed E-state index contributed by atoms with van der Waals surface area (Å²) < 4.78 is 4.84. The molecule has 2 aromatic rings. The Kier molecular flexibility index (Phi) is 3.47. The van der Waals surface area contributed by atoms with Crippen LogP contribution in [0.4, 0.5) is 5.69 Å². The molecule has 0 spiro atoms. The van der Waals surface area contributed by atoms with Crippen LogP contribution in [0.1, 0.15) is 5.56 Å². The first-order valence-electron chi connectivity index (χ1n) is 4.23. The summed E-state index contributed by atoms with van der Waals surface area (Å²) in [6.45, 7) is 1.71. The van der Waals surface area contributed by atoms with Gasteiger partial charge in [0.25, 0.3) is 0 Å². The predicted octanol–water partition coefficient (Wildman–Crippen LogP) is 2.20. The van der Waals surface area contributed by atoms with Gasteiger partial charge in [-0.25, -0.2) is 4.79 Å². The first kappa shape index (κ1) is 12.4. The number of rotatable bonds is 1. The van der Waals surface area contributed by atoms with Crippen LogP contribution in [0.5, 0.6) is 5.75 Å². The summed E-state index contributed by atoms with van der Waals surface area (Å²) in [5.41, 5.74) is -0.120. The van der Waals surface area contributed by atoms with Gasteiger partial charge in [-0.1, -0.05) is 0 Å². The van der Waals surface area contributed by atoms with Crippen LogP contribution in [0.2, 0.25) is 0 Å². The van der Waals surface area contributed by atoms with Crippen molar-refractivity contribution in [3.63, 3.8) is 0 Å². The van der Waals surface area contributed by atoms with Crippen LogP contribution in [-0.4, -0.2) is 5.11 Å². The fraction of sp³-hybridized carbons (Fsp3) is 0.100. The van der Waals surface area contributed by atoms with Crippen LogP contribution in [0, 0.1) is 11.8 Å². The van der Waals surface area contributed by atoms with Crippen LogP contribution in [0.3, 0.4) is 0 Å². The van der Waals surface area contributed by atoms with Crippen molar-refractivity contribution in [3.8, 4) is 5.75 Å². The third kappa shape index (κ3) is 1.85. The number of phenolic OH excluding ortho intramolecular Hbond substituents is 1. The molecule has 1 radical (unpaired) electrons. The Bertz CT molecular complexity index is 606. The van der Waals surface area contributed by atoms with Crippen molar-refractivity contribution >= 4 is 16.7 Å². The van der Waals surface area contributed by atoms with E-state index in [1.807, 2.05) is 0 Å². The molecule has 0 fully saturated rings. The minimum absolute atomic E-state index is 0. The van der Waals surface area contributed by atoms with Crippen molar-refractivity contribution in [2.75, 3.05) is 0 Å². The van der Waals surface area contributed by atoms with Crippen LogP contribution in [0.15, 0.2) is 32.6 Å². The molecule has 0 aliphatic rings. The standard InChI is InChI=1S/C10H7NO4.Cu/c1-5-4-8(13)15-10-6(5)2-3-7(12)9(10)11-14;/h2-4,12H,1H3;. The van der Waals surface area contributed by atoms with Gasteiger partial charge in [-0.2, -0.15) is 0 Å². The van der Waals surface area contributed by atoms with Crippen LogP contribution < -0.4 is 5.63 Å². The summed E-state index contributed by atoms with van der Waals surface area (Å²) in [5.74, 6) is -0.300. The molecule has 6 heteroatoms. The van der Waals surface area contributed by atoms with Crippen LogP contribution in [-0.2, 0) is 17.1 Å². The van der Waals surface area contributed by atoms with Gasteiger partial charge in [-0.15, -0.1) is 4.91 Å². The van der Waals surface area contributed by atoms with Gasteiger partial charge in [0.2, 0.25) is 0 Å². The largest absolute Gasteiger partial charge is 0.505 e. The quantitative estimate of drug-likeness (QED) is 0.488. The maximum absolute atomic E-state index is 11.1. The van der Waals surface area contributed by atoms with Gasteiger partial charge < -0.3 is 9.52 Å².